The van der Waals surface area contributed by atoms with E-state index >= 15 is 0 Å². The summed E-state index contributed by atoms with van der Waals surface area (Å²) < 4.78 is 18.7. The van der Waals surface area contributed by atoms with E-state index in [9.17, 15) is 4.79 Å². The highest BCUT2D eigenvalue weighted by atomic mass is 28.4. The minimum Gasteiger partial charge on any atom is -0.444 e. The molecule has 0 aromatic heterocycles. The van der Waals surface area contributed by atoms with Gasteiger partial charge in [-0.15, -0.1) is 0 Å². The molecule has 0 N–H and O–H groups in total. The monoisotopic (exact) mass is 515 g/mol. The van der Waals surface area contributed by atoms with E-state index in [-0.39, 0.29) is 24.0 Å². The molecule has 2 aromatic rings. The van der Waals surface area contributed by atoms with E-state index in [0.29, 0.717) is 19.6 Å². The molecular weight excluding hydrogens is 470 g/mol. The Hall–Kier alpha value is -1.94. The molecule has 2 rings (SSSR count). The summed E-state index contributed by atoms with van der Waals surface area (Å²) in [5.41, 5.74) is 2.01. The molecule has 1 unspecified atom stereocenters. The predicted octanol–water partition coefficient (Wildman–Crippen LogP) is 7.81. The zero-order chi connectivity index (χ0) is 26.1. The quantitative estimate of drug-likeness (QED) is 0.164. The third-order valence-corrected chi connectivity index (χ3v) is 11.9. The number of amides is 1. The van der Waals surface area contributed by atoms with Gasteiger partial charge in [0, 0.05) is 6.61 Å². The smallest absolute Gasteiger partial charge is 0.412 e. The molecule has 7 heteroatoms. The molecule has 0 saturated carbocycles. The van der Waals surface area contributed by atoms with Crippen LogP contribution in [0.15, 0.2) is 60.7 Å². The van der Waals surface area contributed by atoms with Crippen molar-refractivity contribution in [3.8, 4) is 0 Å². The number of hydrogen-bond donors (Lipinski definition) is 0. The first-order valence-electron chi connectivity index (χ1n) is 12.6. The van der Waals surface area contributed by atoms with Crippen molar-refractivity contribution in [2.75, 3.05) is 6.61 Å². The Kier molecular flexibility index (Phi) is 10.8. The zero-order valence-electron chi connectivity index (χ0n) is 23.0. The number of carbonyl (C=O) groups is 1. The first-order chi connectivity index (χ1) is 16.3. The molecule has 0 fully saturated rings. The molecular formula is C28H45NO4Si2. The van der Waals surface area contributed by atoms with Gasteiger partial charge in [0.25, 0.3) is 0 Å². The number of carbonyl (C=O) groups excluding carboxylic acids is 1. The molecule has 0 bridgehead atoms. The third kappa shape index (κ3) is 10.3. The van der Waals surface area contributed by atoms with Gasteiger partial charge in [-0.25, -0.2) is 4.79 Å². The highest BCUT2D eigenvalue weighted by Gasteiger charge is 2.37. The molecule has 1 atom stereocenters. The van der Waals surface area contributed by atoms with Crippen molar-refractivity contribution in [2.24, 2.45) is 0 Å². The molecule has 1 amide bonds. The van der Waals surface area contributed by atoms with Crippen LogP contribution >= 0.6 is 0 Å². The number of benzene rings is 2. The molecule has 194 valence electrons. The van der Waals surface area contributed by atoms with E-state index in [1.807, 2.05) is 60.7 Å². The largest absolute Gasteiger partial charge is 0.444 e. The van der Waals surface area contributed by atoms with Crippen molar-refractivity contribution < 1.29 is 18.4 Å². The van der Waals surface area contributed by atoms with E-state index in [2.05, 4.69) is 53.5 Å². The summed E-state index contributed by atoms with van der Waals surface area (Å²) in [4.78, 5) is 15.1. The zero-order valence-corrected chi connectivity index (χ0v) is 25.0. The van der Waals surface area contributed by atoms with E-state index in [4.69, 9.17) is 13.6 Å². The molecule has 0 spiro atoms. The van der Waals surface area contributed by atoms with Gasteiger partial charge in [0.1, 0.15) is 12.8 Å². The van der Waals surface area contributed by atoms with Crippen LogP contribution in [0.1, 0.15) is 44.7 Å². The Morgan fingerprint density at radius 1 is 0.886 bits per heavy atom. The van der Waals surface area contributed by atoms with Gasteiger partial charge in [-0.1, -0.05) is 81.4 Å². The van der Waals surface area contributed by atoms with Crippen LogP contribution in [0.2, 0.25) is 37.8 Å². The van der Waals surface area contributed by atoms with Crippen LogP contribution in [0.25, 0.3) is 0 Å². The second-order valence-corrected chi connectivity index (χ2v) is 20.9. The number of nitrogens with zero attached hydrogens (tertiary/aromatic N) is 1. The molecule has 35 heavy (non-hydrogen) atoms. The maximum Gasteiger partial charge on any atom is 0.412 e. The number of ether oxygens (including phenoxy) is 1. The van der Waals surface area contributed by atoms with Crippen molar-refractivity contribution in [3.05, 3.63) is 71.8 Å². The third-order valence-electron chi connectivity index (χ3n) is 6.34. The molecule has 0 aliphatic rings. The molecule has 0 heterocycles. The van der Waals surface area contributed by atoms with E-state index < -0.39 is 16.6 Å². The topological polar surface area (TPSA) is 48.0 Å². The Morgan fingerprint density at radius 3 is 1.94 bits per heavy atom. The second-order valence-electron chi connectivity index (χ2n) is 11.6. The highest BCUT2D eigenvalue weighted by molar-refractivity contribution is 6.74. The lowest BCUT2D eigenvalue weighted by Crippen LogP contribution is -2.47. The molecule has 5 nitrogen and oxygen atoms in total. The fraction of sp³-hybridized carbons (Fsp3) is 0.536. The van der Waals surface area contributed by atoms with E-state index in [0.717, 1.165) is 17.5 Å². The van der Waals surface area contributed by atoms with E-state index in [1.165, 1.54) is 0 Å². The molecule has 0 saturated heterocycles. The van der Waals surface area contributed by atoms with Gasteiger partial charge in [0.2, 0.25) is 0 Å². The van der Waals surface area contributed by atoms with Gasteiger partial charge < -0.3 is 13.6 Å². The van der Waals surface area contributed by atoms with Gasteiger partial charge in [0.05, 0.1) is 6.54 Å². The van der Waals surface area contributed by atoms with Crippen LogP contribution in [0.3, 0.4) is 0 Å². The predicted molar refractivity (Wildman–Crippen MR) is 149 cm³/mol. The normalized spacial score (nSPS) is 13.4. The average molecular weight is 516 g/mol. The first-order valence-corrected chi connectivity index (χ1v) is 18.9. The van der Waals surface area contributed by atoms with Crippen LogP contribution in [0, 0.1) is 0 Å². The summed E-state index contributed by atoms with van der Waals surface area (Å²) in [5.74, 6) is 0. The Balaban J connectivity index is 2.17. The molecule has 0 aliphatic heterocycles. The van der Waals surface area contributed by atoms with Gasteiger partial charge in [-0.3, -0.25) is 4.90 Å². The lowest BCUT2D eigenvalue weighted by molar-refractivity contribution is -0.00378. The second kappa shape index (κ2) is 12.9. The van der Waals surface area contributed by atoms with Crippen LogP contribution in [-0.2, 0) is 26.7 Å². The first kappa shape index (κ1) is 29.3. The Labute approximate surface area is 215 Å². The van der Waals surface area contributed by atoms with Crippen LogP contribution in [0.4, 0.5) is 4.79 Å². The Morgan fingerprint density at radius 2 is 1.43 bits per heavy atom. The highest BCUT2D eigenvalue weighted by Crippen LogP contribution is 2.36. The van der Waals surface area contributed by atoms with Crippen molar-refractivity contribution in [1.29, 1.82) is 0 Å². The van der Waals surface area contributed by atoms with E-state index in [1.54, 1.807) is 4.90 Å². The lowest BCUT2D eigenvalue weighted by atomic mass is 10.2. The molecule has 0 radical (unpaired) electrons. The van der Waals surface area contributed by atoms with Crippen molar-refractivity contribution in [2.45, 2.75) is 90.8 Å². The summed E-state index contributed by atoms with van der Waals surface area (Å²) in [6.45, 7) is 19.1. The van der Waals surface area contributed by atoms with Crippen LogP contribution in [0.5, 0.6) is 0 Å². The van der Waals surface area contributed by atoms with Crippen molar-refractivity contribution in [3.63, 3.8) is 0 Å². The fourth-order valence-electron chi connectivity index (χ4n) is 3.35. The number of hydrogen-bond acceptors (Lipinski definition) is 4. The summed E-state index contributed by atoms with van der Waals surface area (Å²) in [6, 6.07) is 19.8. The van der Waals surface area contributed by atoms with Gasteiger partial charge in [-0.05, 0) is 61.7 Å². The van der Waals surface area contributed by atoms with Crippen molar-refractivity contribution >= 4 is 22.7 Å². The minimum absolute atomic E-state index is 0.168. The maximum absolute atomic E-state index is 13.4. The average Bonchev–Trinajstić information content (AvgIpc) is 2.78. The summed E-state index contributed by atoms with van der Waals surface area (Å²) >= 11 is 0. The lowest BCUT2D eigenvalue weighted by Gasteiger charge is -2.37. The maximum atomic E-state index is 13.4. The number of rotatable bonds is 12. The molecule has 0 aliphatic carbocycles. The van der Waals surface area contributed by atoms with Gasteiger partial charge in [-0.2, -0.15) is 0 Å². The van der Waals surface area contributed by atoms with Gasteiger partial charge in [0.15, 0.2) is 16.6 Å². The summed E-state index contributed by atoms with van der Waals surface area (Å²) in [7, 11) is -3.76. The van der Waals surface area contributed by atoms with Crippen molar-refractivity contribution in [1.82, 2.24) is 4.90 Å². The fourth-order valence-corrected chi connectivity index (χ4v) is 5.50. The van der Waals surface area contributed by atoms with Gasteiger partial charge >= 0.3 is 6.09 Å². The summed E-state index contributed by atoms with van der Waals surface area (Å²) in [6.07, 6.45) is 0.796. The van der Waals surface area contributed by atoms with Crippen LogP contribution in [-0.4, -0.2) is 40.5 Å². The standard InChI is InChI=1S/C28H45NO4Si2/c1-28(2,3)35(7,8)32-21-15-20-26(33-34(4,5)6)29(22-24-16-11-9-12-17-24)27(30)31-23-25-18-13-10-14-19-25/h9-14,16-19,26H,15,20-23H2,1-8H3. The summed E-state index contributed by atoms with van der Waals surface area (Å²) in [5, 5.41) is 0.168. The SMILES string of the molecule is CC(C)(C)[Si](C)(C)OCCCC(O[Si](C)(C)C)N(Cc1ccccc1)C(=O)OCc1ccccc1. The van der Waals surface area contributed by atoms with Crippen LogP contribution < -0.4 is 0 Å². The minimum atomic E-state index is -1.94. The Bertz CT molecular complexity index is 893. The molecule has 2 aromatic carbocycles.